The van der Waals surface area contributed by atoms with Crippen molar-refractivity contribution in [1.82, 2.24) is 61.3 Å². The minimum Gasteiger partial charge on any atom is -0.508 e. The van der Waals surface area contributed by atoms with Crippen molar-refractivity contribution in [2.24, 2.45) is 34.4 Å². The van der Waals surface area contributed by atoms with Gasteiger partial charge in [-0.15, -0.1) is 70.6 Å². The molecular formula is C96H114N18O30S6. The highest BCUT2D eigenvalue weighted by atomic mass is 32.2. The van der Waals surface area contributed by atoms with E-state index >= 15 is 0 Å². The van der Waals surface area contributed by atoms with Gasteiger partial charge >= 0.3 is 35.8 Å². The quantitative estimate of drug-likeness (QED) is 0.0358. The largest absolute Gasteiger partial charge is 0.508 e. The Morgan fingerprint density at radius 2 is 0.320 bits per heavy atom. The van der Waals surface area contributed by atoms with Gasteiger partial charge in [0.1, 0.15) is 175 Å². The van der Waals surface area contributed by atoms with Crippen molar-refractivity contribution in [2.45, 2.75) is 253 Å². The summed E-state index contributed by atoms with van der Waals surface area (Å²) in [6.07, 6.45) is 0. The van der Waals surface area contributed by atoms with Crippen molar-refractivity contribution in [3.05, 3.63) is 179 Å². The van der Waals surface area contributed by atoms with Crippen LogP contribution in [0.4, 0.5) is 0 Å². The van der Waals surface area contributed by atoms with Crippen LogP contribution in [0.2, 0.25) is 0 Å². The summed E-state index contributed by atoms with van der Waals surface area (Å²) in [5, 5.41) is 125. The Bertz CT molecular complexity index is 5390. The molecule has 12 saturated heterocycles. The van der Waals surface area contributed by atoms with E-state index in [9.17, 15) is 148 Å². The fourth-order valence-electron chi connectivity index (χ4n) is 19.3. The zero-order chi connectivity index (χ0) is 111. The van der Waals surface area contributed by atoms with Crippen LogP contribution < -0.4 is 66.3 Å². The SMILES string of the molecule is CC1(C)S[C@@H]2[C@H](NC(=O)[C@H](N)c3ccc(O)cc3)C(=O)N2[C@H]1C(=O)O.CC1(C)S[C@@H]2[C@H](NC(=O)[C@H](N)c3ccc(O)cc3)C(=O)N2[C@H]1C(=O)O.CC1(C)S[C@@H]2[C@H](NC(=O)[C@H](N)c3ccc(O)cc3)C(=O)N2[C@H]1C(=O)O.CC1(C)S[C@@H]2[C@H](NC(=O)[C@H](N)c3ccc(O)cc3)C(=O)N2[C@H]1C(=O)O.CC1(C)S[C@@H]2[C@H](NC(=O)[C@H](N)c3ccc(O)cc3)C(=O)N2[C@H]1C(=O)O.CC1(C)S[C@@H]2[C@H](NC(=O)[C@H](N)c3ccc(O)cc3)C(=O)N2[C@H]1C(=O)O. The number of fused-ring (bicyclic) bond motifs is 6. The van der Waals surface area contributed by atoms with Gasteiger partial charge in [0, 0.05) is 28.5 Å². The van der Waals surface area contributed by atoms with Crippen LogP contribution >= 0.6 is 70.6 Å². The van der Waals surface area contributed by atoms with E-state index in [2.05, 4.69) is 31.9 Å². The first-order valence-corrected chi connectivity index (χ1v) is 51.5. The van der Waals surface area contributed by atoms with E-state index < -0.39 is 276 Å². The van der Waals surface area contributed by atoms with Crippen molar-refractivity contribution in [1.29, 1.82) is 0 Å². The van der Waals surface area contributed by atoms with Crippen LogP contribution in [0, 0.1) is 0 Å². The molecule has 804 valence electrons. The molecule has 0 bridgehead atoms. The molecule has 150 heavy (non-hydrogen) atoms. The number of aromatic hydroxyl groups is 6. The number of carbonyl (C=O) groups excluding carboxylic acids is 12. The number of carboxylic acid groups (broad SMARTS) is 6. The Morgan fingerprint density at radius 1 is 0.220 bits per heavy atom. The Hall–Kier alpha value is -13.6. The van der Waals surface area contributed by atoms with Crippen LogP contribution in [0.15, 0.2) is 146 Å². The van der Waals surface area contributed by atoms with Crippen LogP contribution in [0.3, 0.4) is 0 Å². The highest BCUT2D eigenvalue weighted by Gasteiger charge is 2.71. The number of nitrogens with one attached hydrogen (secondary N) is 6. The minimum atomic E-state index is -1.06. The number of phenols is 6. The summed E-state index contributed by atoms with van der Waals surface area (Å²) in [7, 11) is 0. The molecule has 12 amide bonds. The predicted octanol–water partition coefficient (Wildman–Crippen LogP) is 0.142. The average molecular weight is 2190 g/mol. The van der Waals surface area contributed by atoms with E-state index in [1.807, 2.05) is 0 Å². The number of amides is 12. The summed E-state index contributed by atoms with van der Waals surface area (Å²) in [6.45, 7) is 21.2. The van der Waals surface area contributed by atoms with Gasteiger partial charge in [-0.3, -0.25) is 57.5 Å². The first-order chi connectivity index (χ1) is 69.8. The van der Waals surface area contributed by atoms with E-state index in [0.29, 0.717) is 33.4 Å². The molecule has 0 unspecified atom stereocenters. The predicted molar refractivity (Wildman–Crippen MR) is 544 cm³/mol. The summed E-state index contributed by atoms with van der Waals surface area (Å²) in [5.74, 6) is -11.6. The summed E-state index contributed by atoms with van der Waals surface area (Å²) in [5.41, 5.74) is 38.5. The van der Waals surface area contributed by atoms with Crippen molar-refractivity contribution in [3.8, 4) is 34.5 Å². The Balaban J connectivity index is 0.000000150. The monoisotopic (exact) mass is 2190 g/mol. The number of hydrogen-bond donors (Lipinski definition) is 24. The molecule has 12 heterocycles. The summed E-state index contributed by atoms with van der Waals surface area (Å²) in [6, 6.07) is 19.2. The molecule has 6 aromatic carbocycles. The first-order valence-electron chi connectivity index (χ1n) is 46.3. The van der Waals surface area contributed by atoms with E-state index in [-0.39, 0.29) is 34.5 Å². The van der Waals surface area contributed by atoms with E-state index in [1.54, 1.807) is 83.1 Å². The molecule has 12 aliphatic rings. The van der Waals surface area contributed by atoms with Crippen LogP contribution in [0.5, 0.6) is 34.5 Å². The molecule has 6 aromatic rings. The molecule has 12 aliphatic heterocycles. The third-order valence-corrected chi connectivity index (χ3v) is 36.5. The number of thioether (sulfide) groups is 6. The molecule has 0 saturated carbocycles. The Kier molecular flexibility index (Phi) is 32.6. The molecule has 24 atom stereocenters. The molecule has 0 radical (unpaired) electrons. The van der Waals surface area contributed by atoms with E-state index in [0.717, 1.165) is 0 Å². The normalized spacial score (nSPS) is 28.0. The fourth-order valence-corrected chi connectivity index (χ4v) is 29.1. The number of phenolic OH excluding ortho intramolecular Hbond substituents is 6. The Morgan fingerprint density at radius 3 is 0.413 bits per heavy atom. The highest BCUT2D eigenvalue weighted by Crippen LogP contribution is 2.57. The van der Waals surface area contributed by atoms with Gasteiger partial charge in [-0.2, -0.15) is 0 Å². The number of hydrogen-bond acceptors (Lipinski definition) is 36. The lowest BCUT2D eigenvalue weighted by molar-refractivity contribution is -0.161. The van der Waals surface area contributed by atoms with Crippen LogP contribution in [0.25, 0.3) is 0 Å². The molecule has 12 fully saturated rings. The number of β-lactam (4-membered cyclic amide) rings is 6. The van der Waals surface area contributed by atoms with Gasteiger partial charge in [-0.1, -0.05) is 72.8 Å². The van der Waals surface area contributed by atoms with Crippen molar-refractivity contribution in [3.63, 3.8) is 0 Å². The lowest BCUT2D eigenvalue weighted by Gasteiger charge is -2.43. The maximum absolute atomic E-state index is 12.3. The molecule has 0 aliphatic carbocycles. The number of aliphatic carboxylic acids is 6. The average Bonchev–Trinajstić information content (AvgIpc) is 1.58. The van der Waals surface area contributed by atoms with Crippen LogP contribution in [-0.4, -0.2) is 331 Å². The summed E-state index contributed by atoms with van der Waals surface area (Å²) in [4.78, 5) is 225. The van der Waals surface area contributed by atoms with Crippen LogP contribution in [0.1, 0.15) is 153 Å². The fraction of sp³-hybridized carbons (Fsp3) is 0.438. The number of nitrogens with two attached hydrogens (primary N) is 6. The van der Waals surface area contributed by atoms with Crippen molar-refractivity contribution < 1.29 is 148 Å². The zero-order valence-corrected chi connectivity index (χ0v) is 86.9. The summed E-state index contributed by atoms with van der Waals surface area (Å²) >= 11 is 8.12. The van der Waals surface area contributed by atoms with E-state index in [4.69, 9.17) is 34.4 Å². The lowest BCUT2D eigenvalue weighted by Crippen LogP contribution is -2.71. The third-order valence-electron chi connectivity index (χ3n) is 27.0. The molecule has 0 spiro atoms. The first kappa shape index (κ1) is 114. The molecular weight excluding hydrogens is 2080 g/mol. The number of carbonyl (C=O) groups is 18. The Labute approximate surface area is 881 Å². The number of rotatable bonds is 24. The van der Waals surface area contributed by atoms with Gasteiger partial charge in [-0.05, 0) is 189 Å². The van der Waals surface area contributed by atoms with E-state index in [1.165, 1.54) is 246 Å². The smallest absolute Gasteiger partial charge is 0.327 e. The minimum absolute atomic E-state index is 0.0606. The maximum Gasteiger partial charge on any atom is 0.327 e. The topological polar surface area (TPSA) is 798 Å². The van der Waals surface area contributed by atoms with Gasteiger partial charge in [-0.25, -0.2) is 28.8 Å². The lowest BCUT2D eigenvalue weighted by atomic mass is 9.95. The standard InChI is InChI=1S/6C16H19N3O5S/c6*1-16(2)11(15(23)24)19-13(22)10(14(19)25-16)18-12(21)9(17)7-3-5-8(20)6-4-7/h6*3-6,9-11,14,20H,17H2,1-2H3,(H,18,21)(H,23,24)/t6*9-,10-,11+,14-/m111111/s1. The second-order valence-electron chi connectivity index (χ2n) is 39.9. The summed E-state index contributed by atoms with van der Waals surface area (Å²) < 4.78 is -3.89. The molecule has 48 nitrogen and oxygen atoms in total. The number of nitrogens with zero attached hydrogens (tertiary/aromatic N) is 6. The molecule has 54 heteroatoms. The van der Waals surface area contributed by atoms with Crippen molar-refractivity contribution in [2.75, 3.05) is 0 Å². The second-order valence-corrected chi connectivity index (χ2v) is 50.5. The molecule has 18 rings (SSSR count). The number of benzene rings is 6. The highest BCUT2D eigenvalue weighted by molar-refractivity contribution is 8.03. The van der Waals surface area contributed by atoms with Gasteiger partial charge in [0.05, 0.1) is 0 Å². The van der Waals surface area contributed by atoms with Crippen molar-refractivity contribution >= 4 is 177 Å². The second kappa shape index (κ2) is 43.1. The van der Waals surface area contributed by atoms with Gasteiger partial charge in [0.15, 0.2) is 0 Å². The maximum atomic E-state index is 12.3. The molecule has 0 aromatic heterocycles. The van der Waals surface area contributed by atoms with Gasteiger partial charge in [0.2, 0.25) is 70.9 Å². The zero-order valence-electron chi connectivity index (χ0n) is 82.0. The van der Waals surface area contributed by atoms with Crippen LogP contribution in [-0.2, 0) is 86.3 Å². The molecule has 30 N–H and O–H groups in total. The van der Waals surface area contributed by atoms with Gasteiger partial charge < -0.3 is 157 Å². The van der Waals surface area contributed by atoms with Gasteiger partial charge in [0.25, 0.3) is 0 Å². The third kappa shape index (κ3) is 22.2. The number of carboxylic acids is 6.